The molecule has 0 aromatic heterocycles. The Morgan fingerprint density at radius 2 is 2.00 bits per heavy atom. The molecule has 1 aromatic carbocycles. The molecule has 4 nitrogen and oxygen atoms in total. The number of nitrogens with one attached hydrogen (secondary N) is 1. The summed E-state index contributed by atoms with van der Waals surface area (Å²) in [6, 6.07) is 10.1. The first kappa shape index (κ1) is 17.0. The summed E-state index contributed by atoms with van der Waals surface area (Å²) in [4.78, 5) is 14.4. The van der Waals surface area contributed by atoms with Crippen LogP contribution in [-0.4, -0.2) is 48.7 Å². The largest absolute Gasteiger partial charge is 0.396 e. The monoisotopic (exact) mass is 304 g/mol. The van der Waals surface area contributed by atoms with Crippen LogP contribution in [0, 0.1) is 5.92 Å². The van der Waals surface area contributed by atoms with Crippen LogP contribution in [0.5, 0.6) is 0 Å². The summed E-state index contributed by atoms with van der Waals surface area (Å²) in [7, 11) is 0. The topological polar surface area (TPSA) is 52.6 Å². The van der Waals surface area contributed by atoms with Crippen molar-refractivity contribution in [2.45, 2.75) is 32.1 Å². The number of aliphatic hydroxyl groups excluding tert-OH is 1. The smallest absolute Gasteiger partial charge is 0.234 e. The van der Waals surface area contributed by atoms with Gasteiger partial charge in [-0.3, -0.25) is 9.69 Å². The van der Waals surface area contributed by atoms with Crippen LogP contribution in [0.25, 0.3) is 0 Å². The Labute approximate surface area is 133 Å². The number of benzene rings is 1. The molecule has 22 heavy (non-hydrogen) atoms. The molecule has 0 saturated carbocycles. The van der Waals surface area contributed by atoms with E-state index in [9.17, 15) is 9.90 Å². The van der Waals surface area contributed by atoms with Crippen LogP contribution in [-0.2, 0) is 4.79 Å². The van der Waals surface area contributed by atoms with E-state index in [0.29, 0.717) is 19.5 Å². The predicted molar refractivity (Wildman–Crippen MR) is 88.7 cm³/mol. The lowest BCUT2D eigenvalue weighted by Crippen LogP contribution is -2.42. The van der Waals surface area contributed by atoms with E-state index in [1.165, 1.54) is 18.4 Å². The highest BCUT2D eigenvalue weighted by Crippen LogP contribution is 2.18. The summed E-state index contributed by atoms with van der Waals surface area (Å²) >= 11 is 0. The van der Waals surface area contributed by atoms with Gasteiger partial charge in [0.25, 0.3) is 0 Å². The maximum atomic E-state index is 12.1. The first-order valence-corrected chi connectivity index (χ1v) is 8.34. The van der Waals surface area contributed by atoms with Crippen molar-refractivity contribution >= 4 is 5.91 Å². The Morgan fingerprint density at radius 1 is 1.32 bits per heavy atom. The van der Waals surface area contributed by atoms with Crippen LogP contribution in [0.1, 0.15) is 37.7 Å². The van der Waals surface area contributed by atoms with Gasteiger partial charge in [0.1, 0.15) is 0 Å². The lowest BCUT2D eigenvalue weighted by atomic mass is 9.96. The van der Waals surface area contributed by atoms with Crippen LogP contribution in [0.3, 0.4) is 0 Å². The minimum atomic E-state index is 0.0911. The third-order valence-corrected chi connectivity index (χ3v) is 4.54. The first-order chi connectivity index (χ1) is 10.7. The normalized spacial score (nSPS) is 18.1. The molecule has 1 aliphatic heterocycles. The van der Waals surface area contributed by atoms with Crippen molar-refractivity contribution < 1.29 is 9.90 Å². The summed E-state index contributed by atoms with van der Waals surface area (Å²) in [6.45, 7) is 5.54. The molecule has 1 aromatic rings. The summed E-state index contributed by atoms with van der Waals surface area (Å²) in [5.41, 5.74) is 1.17. The second-order valence-corrected chi connectivity index (χ2v) is 6.38. The van der Waals surface area contributed by atoms with Gasteiger partial charge in [-0.25, -0.2) is 0 Å². The fourth-order valence-electron chi connectivity index (χ4n) is 2.98. The zero-order chi connectivity index (χ0) is 15.8. The Bertz CT molecular complexity index is 442. The van der Waals surface area contributed by atoms with Gasteiger partial charge in [-0.1, -0.05) is 37.3 Å². The van der Waals surface area contributed by atoms with Gasteiger partial charge in [0.05, 0.1) is 6.54 Å². The van der Waals surface area contributed by atoms with Crippen molar-refractivity contribution in [2.24, 2.45) is 5.92 Å². The maximum absolute atomic E-state index is 12.1. The Kier molecular flexibility index (Phi) is 6.87. The van der Waals surface area contributed by atoms with Gasteiger partial charge in [-0.2, -0.15) is 0 Å². The van der Waals surface area contributed by atoms with Gasteiger partial charge < -0.3 is 10.4 Å². The molecule has 0 aliphatic carbocycles. The molecule has 2 rings (SSSR count). The van der Waals surface area contributed by atoms with Gasteiger partial charge >= 0.3 is 0 Å². The van der Waals surface area contributed by atoms with E-state index < -0.39 is 0 Å². The van der Waals surface area contributed by atoms with Gasteiger partial charge in [-0.05, 0) is 43.8 Å². The minimum absolute atomic E-state index is 0.0911. The number of piperidine rings is 1. The van der Waals surface area contributed by atoms with Crippen LogP contribution in [0.2, 0.25) is 0 Å². The van der Waals surface area contributed by atoms with Crippen LogP contribution >= 0.6 is 0 Å². The number of rotatable bonds is 7. The summed E-state index contributed by atoms with van der Waals surface area (Å²) in [5.74, 6) is 1.05. The first-order valence-electron chi connectivity index (χ1n) is 8.34. The number of hydrogen-bond donors (Lipinski definition) is 2. The molecule has 1 aliphatic rings. The molecule has 1 saturated heterocycles. The molecule has 0 radical (unpaired) electrons. The number of carbonyl (C=O) groups is 1. The summed E-state index contributed by atoms with van der Waals surface area (Å²) in [5, 5.41) is 12.3. The second kappa shape index (κ2) is 8.91. The number of carbonyl (C=O) groups excluding carboxylic acids is 1. The summed E-state index contributed by atoms with van der Waals surface area (Å²) in [6.07, 6.45) is 3.04. The molecule has 4 heteroatoms. The number of likely N-dealkylation sites (tertiary alicyclic amines) is 1. The quantitative estimate of drug-likeness (QED) is 0.810. The molecular formula is C18H28N2O2. The fraction of sp³-hybridized carbons (Fsp3) is 0.611. The third-order valence-electron chi connectivity index (χ3n) is 4.54. The lowest BCUT2D eigenvalue weighted by molar-refractivity contribution is -0.122. The van der Waals surface area contributed by atoms with E-state index in [4.69, 9.17) is 0 Å². The van der Waals surface area contributed by atoms with E-state index in [1.54, 1.807) is 0 Å². The highest BCUT2D eigenvalue weighted by molar-refractivity contribution is 5.78. The number of amides is 1. The molecule has 1 unspecified atom stereocenters. The van der Waals surface area contributed by atoms with Crippen LogP contribution in [0.15, 0.2) is 30.3 Å². The van der Waals surface area contributed by atoms with E-state index in [2.05, 4.69) is 29.3 Å². The Balaban J connectivity index is 1.78. The molecule has 1 fully saturated rings. The van der Waals surface area contributed by atoms with Crippen LogP contribution in [0.4, 0.5) is 0 Å². The van der Waals surface area contributed by atoms with Crippen molar-refractivity contribution in [3.63, 3.8) is 0 Å². The van der Waals surface area contributed by atoms with E-state index in [-0.39, 0.29) is 18.4 Å². The lowest BCUT2D eigenvalue weighted by Gasteiger charge is -2.29. The molecule has 0 spiro atoms. The van der Waals surface area contributed by atoms with E-state index >= 15 is 0 Å². The van der Waals surface area contributed by atoms with Crippen LogP contribution < -0.4 is 5.32 Å². The molecule has 1 atom stereocenters. The molecule has 2 N–H and O–H groups in total. The highest BCUT2D eigenvalue weighted by Gasteiger charge is 2.18. The third kappa shape index (κ3) is 5.43. The Hall–Kier alpha value is -1.39. The summed E-state index contributed by atoms with van der Waals surface area (Å²) < 4.78 is 0. The van der Waals surface area contributed by atoms with Gasteiger partial charge in [-0.15, -0.1) is 0 Å². The molecule has 122 valence electrons. The maximum Gasteiger partial charge on any atom is 0.234 e. The highest BCUT2D eigenvalue weighted by atomic mass is 16.3. The van der Waals surface area contributed by atoms with Gasteiger partial charge in [0.2, 0.25) is 5.91 Å². The second-order valence-electron chi connectivity index (χ2n) is 6.38. The number of aliphatic hydroxyl groups is 1. The van der Waals surface area contributed by atoms with Crippen molar-refractivity contribution in [3.05, 3.63) is 35.9 Å². The van der Waals surface area contributed by atoms with E-state index in [0.717, 1.165) is 19.0 Å². The zero-order valence-corrected chi connectivity index (χ0v) is 13.5. The average Bonchev–Trinajstić information content (AvgIpc) is 2.54. The molecule has 1 heterocycles. The molecule has 1 amide bonds. The SMILES string of the molecule is CC1CCN(CC(=O)NCC(CCO)c2ccccc2)CC1. The van der Waals surface area contributed by atoms with Crippen molar-refractivity contribution in [2.75, 3.05) is 32.8 Å². The fourth-order valence-corrected chi connectivity index (χ4v) is 2.98. The van der Waals surface area contributed by atoms with Crippen molar-refractivity contribution in [3.8, 4) is 0 Å². The molecule has 0 bridgehead atoms. The Morgan fingerprint density at radius 3 is 2.64 bits per heavy atom. The van der Waals surface area contributed by atoms with Gasteiger partial charge in [0.15, 0.2) is 0 Å². The van der Waals surface area contributed by atoms with E-state index in [1.807, 2.05) is 18.2 Å². The van der Waals surface area contributed by atoms with Crippen molar-refractivity contribution in [1.29, 1.82) is 0 Å². The number of hydrogen-bond acceptors (Lipinski definition) is 3. The van der Waals surface area contributed by atoms with Gasteiger partial charge in [0, 0.05) is 19.1 Å². The predicted octanol–water partition coefficient (Wildman–Crippen LogP) is 2.00. The van der Waals surface area contributed by atoms with Crippen molar-refractivity contribution in [1.82, 2.24) is 10.2 Å². The molecular weight excluding hydrogens is 276 g/mol. The average molecular weight is 304 g/mol. The standard InChI is InChI=1S/C18H28N2O2/c1-15-7-10-20(11-8-15)14-18(22)19-13-17(9-12-21)16-5-3-2-4-6-16/h2-6,15,17,21H,7-14H2,1H3,(H,19,22). The minimum Gasteiger partial charge on any atom is -0.396 e. The zero-order valence-electron chi connectivity index (χ0n) is 13.5. The number of nitrogens with zero attached hydrogens (tertiary/aromatic N) is 1.